The van der Waals surface area contributed by atoms with E-state index in [1.54, 1.807) is 18.2 Å². The quantitative estimate of drug-likeness (QED) is 0.754. The van der Waals surface area contributed by atoms with Crippen LogP contribution in [0.25, 0.3) is 11.0 Å². The number of imidazole rings is 1. The highest BCUT2D eigenvalue weighted by molar-refractivity contribution is 5.76. The molecule has 96 valence electrons. The van der Waals surface area contributed by atoms with Gasteiger partial charge >= 0.3 is 0 Å². The largest absolute Gasteiger partial charge is 0.508 e. The van der Waals surface area contributed by atoms with Gasteiger partial charge in [-0.15, -0.1) is 0 Å². The van der Waals surface area contributed by atoms with Gasteiger partial charge in [0.05, 0.1) is 11.0 Å². The molecular weight excluding hydrogens is 240 g/mol. The number of hydrogen-bond donors (Lipinski definition) is 2. The maximum absolute atomic E-state index is 9.40. The average Bonchev–Trinajstić information content (AvgIpc) is 2.79. The Bertz CT molecular complexity index is 719. The number of nitrogens with one attached hydrogen (secondary N) is 1. The highest BCUT2D eigenvalue weighted by atomic mass is 16.5. The highest BCUT2D eigenvalue weighted by Crippen LogP contribution is 2.20. The lowest BCUT2D eigenvalue weighted by atomic mass is 10.2. The molecule has 0 fully saturated rings. The number of aromatic nitrogens is 2. The third-order valence-corrected chi connectivity index (χ3v) is 2.97. The molecule has 1 heterocycles. The number of para-hydroxylation sites is 1. The number of fused-ring (bicyclic) bond motifs is 1. The first kappa shape index (κ1) is 11.6. The Morgan fingerprint density at radius 3 is 2.89 bits per heavy atom. The van der Waals surface area contributed by atoms with Crippen LogP contribution in [0.15, 0.2) is 42.5 Å². The third-order valence-electron chi connectivity index (χ3n) is 2.97. The molecule has 0 aliphatic carbocycles. The Balaban J connectivity index is 1.80. The summed E-state index contributed by atoms with van der Waals surface area (Å²) in [4.78, 5) is 7.54. The Morgan fingerprint density at radius 1 is 1.21 bits per heavy atom. The Kier molecular flexibility index (Phi) is 2.83. The number of phenols is 1. The number of phenolic OH excluding ortho intramolecular Hbond substituents is 1. The van der Waals surface area contributed by atoms with Crippen LogP contribution in [-0.4, -0.2) is 15.1 Å². The number of hydrogen-bond acceptors (Lipinski definition) is 3. The highest BCUT2D eigenvalue weighted by Gasteiger charge is 2.05. The molecule has 0 spiro atoms. The van der Waals surface area contributed by atoms with E-state index in [0.29, 0.717) is 6.61 Å². The summed E-state index contributed by atoms with van der Waals surface area (Å²) in [7, 11) is 0. The summed E-state index contributed by atoms with van der Waals surface area (Å²) in [5.41, 5.74) is 2.72. The van der Waals surface area contributed by atoms with Crippen molar-refractivity contribution in [3.05, 3.63) is 53.9 Å². The van der Waals surface area contributed by atoms with Crippen LogP contribution in [-0.2, 0) is 6.61 Å². The summed E-state index contributed by atoms with van der Waals surface area (Å²) < 4.78 is 5.73. The topological polar surface area (TPSA) is 58.1 Å². The maximum Gasteiger partial charge on any atom is 0.146 e. The minimum absolute atomic E-state index is 0.225. The lowest BCUT2D eigenvalue weighted by Gasteiger charge is -2.06. The summed E-state index contributed by atoms with van der Waals surface area (Å²) >= 11 is 0. The van der Waals surface area contributed by atoms with Gasteiger partial charge in [-0.25, -0.2) is 4.98 Å². The van der Waals surface area contributed by atoms with E-state index in [9.17, 15) is 5.11 Å². The first-order valence-corrected chi connectivity index (χ1v) is 6.08. The van der Waals surface area contributed by atoms with Crippen LogP contribution in [0.3, 0.4) is 0 Å². The second kappa shape index (κ2) is 4.65. The van der Waals surface area contributed by atoms with Gasteiger partial charge in [-0.2, -0.15) is 0 Å². The number of ether oxygens (including phenoxy) is 1. The van der Waals surface area contributed by atoms with E-state index in [-0.39, 0.29) is 5.75 Å². The Labute approximate surface area is 110 Å². The van der Waals surface area contributed by atoms with Crippen LogP contribution in [0.5, 0.6) is 11.5 Å². The molecule has 2 N–H and O–H groups in total. The fraction of sp³-hybridized carbons (Fsp3) is 0.133. The van der Waals surface area contributed by atoms with E-state index in [1.165, 1.54) is 0 Å². The number of H-pyrrole nitrogens is 1. The molecule has 3 aromatic rings. The zero-order valence-electron chi connectivity index (χ0n) is 10.6. The molecule has 0 aliphatic rings. The molecule has 4 nitrogen and oxygen atoms in total. The van der Waals surface area contributed by atoms with Crippen LogP contribution in [0.4, 0.5) is 0 Å². The van der Waals surface area contributed by atoms with Gasteiger partial charge in [0.2, 0.25) is 0 Å². The normalized spacial score (nSPS) is 10.8. The van der Waals surface area contributed by atoms with E-state index >= 15 is 0 Å². The number of aryl methyl sites for hydroxylation is 1. The van der Waals surface area contributed by atoms with Crippen LogP contribution in [0, 0.1) is 6.92 Å². The van der Waals surface area contributed by atoms with Gasteiger partial charge in [0.15, 0.2) is 0 Å². The van der Waals surface area contributed by atoms with E-state index < -0.39 is 0 Å². The first-order valence-electron chi connectivity index (χ1n) is 6.08. The molecule has 0 aliphatic heterocycles. The molecule has 0 unspecified atom stereocenters. The first-order chi connectivity index (χ1) is 9.22. The lowest BCUT2D eigenvalue weighted by Crippen LogP contribution is -1.98. The van der Waals surface area contributed by atoms with Crippen molar-refractivity contribution in [3.63, 3.8) is 0 Å². The van der Waals surface area contributed by atoms with Crippen LogP contribution in [0.1, 0.15) is 11.4 Å². The van der Waals surface area contributed by atoms with Crippen molar-refractivity contribution in [1.82, 2.24) is 9.97 Å². The third kappa shape index (κ3) is 2.38. The molecule has 1 aromatic heterocycles. The molecule has 0 saturated carbocycles. The molecule has 0 saturated heterocycles. The van der Waals surface area contributed by atoms with Gasteiger partial charge in [0.25, 0.3) is 0 Å². The second-order valence-corrected chi connectivity index (χ2v) is 4.44. The van der Waals surface area contributed by atoms with Crippen LogP contribution in [0.2, 0.25) is 0 Å². The Hall–Kier alpha value is -2.49. The summed E-state index contributed by atoms with van der Waals surface area (Å²) in [5.74, 6) is 1.82. The molecule has 4 heteroatoms. The molecule has 0 amide bonds. The minimum atomic E-state index is 0.225. The summed E-state index contributed by atoms with van der Waals surface area (Å²) in [6.07, 6.45) is 0. The molecule has 0 atom stereocenters. The van der Waals surface area contributed by atoms with E-state index in [1.807, 2.05) is 31.2 Å². The minimum Gasteiger partial charge on any atom is -0.508 e. The van der Waals surface area contributed by atoms with Gasteiger partial charge < -0.3 is 14.8 Å². The van der Waals surface area contributed by atoms with Crippen molar-refractivity contribution in [2.24, 2.45) is 0 Å². The molecule has 0 bridgehead atoms. The summed E-state index contributed by atoms with van der Waals surface area (Å²) in [6, 6.07) is 12.9. The predicted molar refractivity (Wildman–Crippen MR) is 73.3 cm³/mol. The molecule has 19 heavy (non-hydrogen) atoms. The number of rotatable bonds is 3. The number of benzene rings is 2. The van der Waals surface area contributed by atoms with Crippen molar-refractivity contribution >= 4 is 11.0 Å². The zero-order valence-corrected chi connectivity index (χ0v) is 10.6. The van der Waals surface area contributed by atoms with Gasteiger partial charge in [0.1, 0.15) is 23.9 Å². The van der Waals surface area contributed by atoms with E-state index in [2.05, 4.69) is 9.97 Å². The Morgan fingerprint density at radius 2 is 2.05 bits per heavy atom. The van der Waals surface area contributed by atoms with Gasteiger partial charge in [-0.3, -0.25) is 0 Å². The smallest absolute Gasteiger partial charge is 0.146 e. The van der Waals surface area contributed by atoms with E-state index in [0.717, 1.165) is 28.2 Å². The van der Waals surface area contributed by atoms with Gasteiger partial charge in [0, 0.05) is 6.07 Å². The number of aromatic amines is 1. The summed E-state index contributed by atoms with van der Waals surface area (Å²) in [5, 5.41) is 9.40. The van der Waals surface area contributed by atoms with Crippen molar-refractivity contribution in [2.45, 2.75) is 13.5 Å². The van der Waals surface area contributed by atoms with E-state index in [4.69, 9.17) is 4.74 Å². The average molecular weight is 254 g/mol. The molecular formula is C15H14N2O2. The predicted octanol–water partition coefficient (Wildman–Crippen LogP) is 3.16. The van der Waals surface area contributed by atoms with Gasteiger partial charge in [-0.05, 0) is 30.7 Å². The van der Waals surface area contributed by atoms with Crippen molar-refractivity contribution in [3.8, 4) is 11.5 Å². The number of aromatic hydroxyl groups is 1. The fourth-order valence-electron chi connectivity index (χ4n) is 1.98. The molecule has 0 radical (unpaired) electrons. The van der Waals surface area contributed by atoms with Gasteiger partial charge in [-0.1, -0.05) is 18.2 Å². The SMILES string of the molecule is Cc1ccccc1OCc1nc2ccc(O)cc2[nH]1. The standard InChI is InChI=1S/C15H14N2O2/c1-10-4-2-3-5-14(10)19-9-15-16-12-7-6-11(18)8-13(12)17-15/h2-8,18H,9H2,1H3,(H,16,17). The number of nitrogens with zero attached hydrogens (tertiary/aromatic N) is 1. The second-order valence-electron chi connectivity index (χ2n) is 4.44. The lowest BCUT2D eigenvalue weighted by molar-refractivity contribution is 0.295. The monoisotopic (exact) mass is 254 g/mol. The van der Waals surface area contributed by atoms with Crippen LogP contribution < -0.4 is 4.74 Å². The summed E-state index contributed by atoms with van der Waals surface area (Å²) in [6.45, 7) is 2.38. The van der Waals surface area contributed by atoms with Crippen molar-refractivity contribution in [2.75, 3.05) is 0 Å². The van der Waals surface area contributed by atoms with Crippen molar-refractivity contribution in [1.29, 1.82) is 0 Å². The maximum atomic E-state index is 9.40. The fourth-order valence-corrected chi connectivity index (χ4v) is 1.98. The molecule has 3 rings (SSSR count). The van der Waals surface area contributed by atoms with Crippen LogP contribution >= 0.6 is 0 Å². The zero-order chi connectivity index (χ0) is 13.2. The van der Waals surface area contributed by atoms with Crippen molar-refractivity contribution < 1.29 is 9.84 Å². The molecule has 2 aromatic carbocycles.